The van der Waals surface area contributed by atoms with Gasteiger partial charge in [0.2, 0.25) is 0 Å². The molecule has 0 saturated heterocycles. The second-order valence-electron chi connectivity index (χ2n) is 4.94. The molecule has 0 aromatic heterocycles. The van der Waals surface area contributed by atoms with Gasteiger partial charge in [-0.25, -0.2) is 4.39 Å². The number of rotatable bonds is 8. The molecule has 2 rings (SSSR count). The minimum Gasteiger partial charge on any atom is -0.493 e. The Balaban J connectivity index is 2.10. The van der Waals surface area contributed by atoms with Gasteiger partial charge in [-0.1, -0.05) is 18.2 Å². The Morgan fingerprint density at radius 3 is 2.61 bits per heavy atom. The first-order valence-corrected chi connectivity index (χ1v) is 7.98. The van der Waals surface area contributed by atoms with Gasteiger partial charge in [-0.3, -0.25) is 0 Å². The van der Waals surface area contributed by atoms with Gasteiger partial charge in [-0.2, -0.15) is 0 Å². The largest absolute Gasteiger partial charge is 0.493 e. The lowest BCUT2D eigenvalue weighted by Crippen LogP contribution is -2.12. The van der Waals surface area contributed by atoms with E-state index < -0.39 is 0 Å². The Morgan fingerprint density at radius 2 is 1.96 bits per heavy atom. The van der Waals surface area contributed by atoms with Crippen LogP contribution in [0.5, 0.6) is 11.5 Å². The summed E-state index contributed by atoms with van der Waals surface area (Å²) in [5.41, 5.74) is 1.96. The number of methoxy groups -OCH3 is 1. The average molecular weight is 380 g/mol. The summed E-state index contributed by atoms with van der Waals surface area (Å²) in [7, 11) is 1.60. The molecule has 2 aromatic rings. The second-order valence-corrected chi connectivity index (χ2v) is 5.80. The van der Waals surface area contributed by atoms with Crippen LogP contribution in [0.4, 0.5) is 4.39 Å². The fraction of sp³-hybridized carbons (Fsp3) is 0.222. The molecule has 0 atom stereocenters. The van der Waals surface area contributed by atoms with Gasteiger partial charge in [0, 0.05) is 13.1 Å². The van der Waals surface area contributed by atoms with Crippen molar-refractivity contribution >= 4 is 15.9 Å². The van der Waals surface area contributed by atoms with Crippen molar-refractivity contribution < 1.29 is 13.9 Å². The van der Waals surface area contributed by atoms with Crippen LogP contribution in [-0.4, -0.2) is 13.7 Å². The summed E-state index contributed by atoms with van der Waals surface area (Å²) in [6, 6.07) is 10.1. The third-order valence-corrected chi connectivity index (χ3v) is 3.79. The Bertz CT molecular complexity index is 659. The van der Waals surface area contributed by atoms with Crippen LogP contribution in [0.15, 0.2) is 53.5 Å². The van der Waals surface area contributed by atoms with Crippen molar-refractivity contribution in [3.05, 3.63) is 70.5 Å². The first kappa shape index (κ1) is 17.5. The second kappa shape index (κ2) is 8.70. The number of nitrogens with one attached hydrogen (secondary N) is 1. The van der Waals surface area contributed by atoms with E-state index in [1.165, 1.54) is 12.1 Å². The minimum absolute atomic E-state index is 0.260. The molecule has 0 spiro atoms. The van der Waals surface area contributed by atoms with Crippen LogP contribution in [-0.2, 0) is 13.2 Å². The van der Waals surface area contributed by atoms with E-state index in [4.69, 9.17) is 9.47 Å². The van der Waals surface area contributed by atoms with Gasteiger partial charge >= 0.3 is 0 Å². The number of halogens is 2. The maximum atomic E-state index is 12.9. The zero-order valence-corrected chi connectivity index (χ0v) is 14.5. The van der Waals surface area contributed by atoms with E-state index in [-0.39, 0.29) is 5.82 Å². The fourth-order valence-electron chi connectivity index (χ4n) is 2.07. The summed E-state index contributed by atoms with van der Waals surface area (Å²) in [4.78, 5) is 0. The summed E-state index contributed by atoms with van der Waals surface area (Å²) in [5, 5.41) is 3.24. The zero-order chi connectivity index (χ0) is 16.7. The van der Waals surface area contributed by atoms with Crippen molar-refractivity contribution in [3.63, 3.8) is 0 Å². The molecule has 0 aliphatic carbocycles. The van der Waals surface area contributed by atoms with E-state index in [2.05, 4.69) is 27.8 Å². The first-order valence-electron chi connectivity index (χ1n) is 7.19. The van der Waals surface area contributed by atoms with Gasteiger partial charge in [0.15, 0.2) is 11.5 Å². The maximum Gasteiger partial charge on any atom is 0.175 e. The number of benzene rings is 2. The van der Waals surface area contributed by atoms with Crippen molar-refractivity contribution in [2.75, 3.05) is 13.7 Å². The smallest absolute Gasteiger partial charge is 0.175 e. The zero-order valence-electron chi connectivity index (χ0n) is 12.9. The highest BCUT2D eigenvalue weighted by Crippen LogP contribution is 2.37. The van der Waals surface area contributed by atoms with Crippen molar-refractivity contribution in [3.8, 4) is 11.5 Å². The summed E-state index contributed by atoms with van der Waals surface area (Å²) < 4.78 is 25.0. The molecule has 0 saturated carbocycles. The van der Waals surface area contributed by atoms with E-state index in [9.17, 15) is 4.39 Å². The van der Waals surface area contributed by atoms with E-state index in [1.54, 1.807) is 19.2 Å². The van der Waals surface area contributed by atoms with Crippen LogP contribution < -0.4 is 14.8 Å². The lowest BCUT2D eigenvalue weighted by atomic mass is 10.2. The number of ether oxygens (including phenoxy) is 2. The number of hydrogen-bond donors (Lipinski definition) is 1. The maximum absolute atomic E-state index is 12.9. The SMILES string of the molecule is C=CCNCc1cc(Br)c(OCc2ccc(F)cc2)c(OC)c1. The normalized spacial score (nSPS) is 10.4. The predicted octanol–water partition coefficient (Wildman–Crippen LogP) is 4.45. The molecule has 0 fully saturated rings. The van der Waals surface area contributed by atoms with Crippen molar-refractivity contribution in [2.24, 2.45) is 0 Å². The van der Waals surface area contributed by atoms with E-state index in [0.717, 1.165) is 22.1 Å². The van der Waals surface area contributed by atoms with E-state index >= 15 is 0 Å². The lowest BCUT2D eigenvalue weighted by molar-refractivity contribution is 0.282. The molecule has 2 aromatic carbocycles. The highest BCUT2D eigenvalue weighted by Gasteiger charge is 2.12. The van der Waals surface area contributed by atoms with Gasteiger partial charge in [-0.05, 0) is 51.3 Å². The Labute approximate surface area is 144 Å². The first-order chi connectivity index (χ1) is 11.1. The molecule has 0 unspecified atom stereocenters. The van der Waals surface area contributed by atoms with Gasteiger partial charge < -0.3 is 14.8 Å². The number of hydrogen-bond acceptors (Lipinski definition) is 3. The summed E-state index contributed by atoms with van der Waals surface area (Å²) in [6.07, 6.45) is 1.81. The molecule has 0 amide bonds. The minimum atomic E-state index is -0.260. The van der Waals surface area contributed by atoms with Crippen LogP contribution in [0, 0.1) is 5.82 Å². The molecule has 1 N–H and O–H groups in total. The van der Waals surface area contributed by atoms with Gasteiger partial charge in [0.05, 0.1) is 11.6 Å². The third-order valence-electron chi connectivity index (χ3n) is 3.20. The monoisotopic (exact) mass is 379 g/mol. The third kappa shape index (κ3) is 5.08. The fourth-order valence-corrected chi connectivity index (χ4v) is 2.67. The molecule has 0 aliphatic heterocycles. The highest BCUT2D eigenvalue weighted by atomic mass is 79.9. The Hall–Kier alpha value is -1.85. The van der Waals surface area contributed by atoms with Crippen LogP contribution in [0.3, 0.4) is 0 Å². The van der Waals surface area contributed by atoms with Crippen LogP contribution in [0.1, 0.15) is 11.1 Å². The van der Waals surface area contributed by atoms with Gasteiger partial charge in [0.1, 0.15) is 12.4 Å². The van der Waals surface area contributed by atoms with Gasteiger partial charge in [-0.15, -0.1) is 6.58 Å². The highest BCUT2D eigenvalue weighted by molar-refractivity contribution is 9.10. The molecule has 0 radical (unpaired) electrons. The standard InChI is InChI=1S/C18H19BrFNO2/c1-3-8-21-11-14-9-16(19)18(17(10-14)22-2)23-12-13-4-6-15(20)7-5-13/h3-7,9-10,21H,1,8,11-12H2,2H3. The van der Waals surface area contributed by atoms with Crippen LogP contribution in [0.2, 0.25) is 0 Å². The summed E-state index contributed by atoms with van der Waals surface area (Å²) in [6.45, 7) is 5.46. The Morgan fingerprint density at radius 1 is 1.22 bits per heavy atom. The molecule has 23 heavy (non-hydrogen) atoms. The van der Waals surface area contributed by atoms with Crippen molar-refractivity contribution in [1.29, 1.82) is 0 Å². The topological polar surface area (TPSA) is 30.5 Å². The molecular formula is C18H19BrFNO2. The molecule has 0 aliphatic rings. The molecule has 3 nitrogen and oxygen atoms in total. The predicted molar refractivity (Wildman–Crippen MR) is 93.3 cm³/mol. The van der Waals surface area contributed by atoms with E-state index in [1.807, 2.05) is 18.2 Å². The summed E-state index contributed by atoms with van der Waals surface area (Å²) in [5.74, 6) is 1.02. The molecule has 5 heteroatoms. The average Bonchev–Trinajstić information content (AvgIpc) is 2.55. The quantitative estimate of drug-likeness (QED) is 0.542. The van der Waals surface area contributed by atoms with Gasteiger partial charge in [0.25, 0.3) is 0 Å². The molecular weight excluding hydrogens is 361 g/mol. The molecule has 0 bridgehead atoms. The van der Waals surface area contributed by atoms with Crippen molar-refractivity contribution in [2.45, 2.75) is 13.2 Å². The van der Waals surface area contributed by atoms with E-state index in [0.29, 0.717) is 24.7 Å². The van der Waals surface area contributed by atoms with Crippen LogP contribution in [0.25, 0.3) is 0 Å². The molecule has 0 heterocycles. The van der Waals surface area contributed by atoms with Crippen LogP contribution >= 0.6 is 15.9 Å². The van der Waals surface area contributed by atoms with Crippen molar-refractivity contribution in [1.82, 2.24) is 5.32 Å². The summed E-state index contributed by atoms with van der Waals surface area (Å²) >= 11 is 3.52. The Kier molecular flexibility index (Phi) is 6.62. The molecule has 122 valence electrons. The lowest BCUT2D eigenvalue weighted by Gasteiger charge is -2.15.